The van der Waals surface area contributed by atoms with Crippen molar-refractivity contribution >= 4 is 43.1 Å². The average Bonchev–Trinajstić information content (AvgIpc) is 3.04. The number of rotatable bonds is 3. The molecule has 0 atom stereocenters. The Balaban J connectivity index is 1.60. The minimum Gasteiger partial charge on any atom is -0.207 e. The molecule has 0 bridgehead atoms. The van der Waals surface area contributed by atoms with E-state index in [1.165, 1.54) is 76.5 Å². The Hall–Kier alpha value is -5.27. The maximum atomic E-state index is 13.9. The molecular weight excluding hydrogens is 523 g/mol. The van der Waals surface area contributed by atoms with Crippen LogP contribution < -0.4 is 0 Å². The molecule has 0 radical (unpaired) electrons. The molecule has 0 saturated carbocycles. The molecule has 0 unspecified atom stereocenters. The number of halogens is 1. The van der Waals surface area contributed by atoms with Gasteiger partial charge in [0.15, 0.2) is 0 Å². The Labute approximate surface area is 250 Å². The molecule has 0 amide bonds. The van der Waals surface area contributed by atoms with Gasteiger partial charge in [0.05, 0.1) is 0 Å². The Morgan fingerprint density at radius 2 is 0.837 bits per heavy atom. The van der Waals surface area contributed by atoms with Gasteiger partial charge in [0.2, 0.25) is 0 Å². The molecule has 8 aromatic rings. The lowest BCUT2D eigenvalue weighted by Gasteiger charge is -2.21. The first kappa shape index (κ1) is 25.4. The topological polar surface area (TPSA) is 0 Å². The quantitative estimate of drug-likeness (QED) is 0.191. The fourth-order valence-corrected chi connectivity index (χ4v) is 6.78. The van der Waals surface area contributed by atoms with Gasteiger partial charge in [-0.2, -0.15) is 0 Å². The molecule has 8 rings (SSSR count). The van der Waals surface area contributed by atoms with Crippen molar-refractivity contribution in [2.45, 2.75) is 13.8 Å². The van der Waals surface area contributed by atoms with Crippen LogP contribution in [-0.2, 0) is 0 Å². The van der Waals surface area contributed by atoms with Crippen LogP contribution in [0.4, 0.5) is 4.39 Å². The SMILES string of the molecule is Cc1cc2c(-c3cccc4ccccc34)c3ccc(-c4ccc(F)cc4)cc3c(-c3cccc4ccccc34)c2cc1C. The molecule has 204 valence electrons. The van der Waals surface area contributed by atoms with Gasteiger partial charge in [-0.3, -0.25) is 0 Å². The van der Waals surface area contributed by atoms with E-state index in [9.17, 15) is 4.39 Å². The van der Waals surface area contributed by atoms with Gasteiger partial charge in [-0.15, -0.1) is 0 Å². The largest absolute Gasteiger partial charge is 0.207 e. The maximum Gasteiger partial charge on any atom is 0.123 e. The first-order valence-corrected chi connectivity index (χ1v) is 14.8. The zero-order chi connectivity index (χ0) is 29.1. The lowest BCUT2D eigenvalue weighted by Crippen LogP contribution is -1.95. The van der Waals surface area contributed by atoms with Crippen molar-refractivity contribution in [1.82, 2.24) is 0 Å². The highest BCUT2D eigenvalue weighted by atomic mass is 19.1. The monoisotopic (exact) mass is 552 g/mol. The minimum absolute atomic E-state index is 0.226. The number of fused-ring (bicyclic) bond motifs is 4. The summed E-state index contributed by atoms with van der Waals surface area (Å²) in [4.78, 5) is 0. The summed E-state index contributed by atoms with van der Waals surface area (Å²) < 4.78 is 13.9. The predicted octanol–water partition coefficient (Wildman–Crippen LogP) is 12.1. The van der Waals surface area contributed by atoms with Gasteiger partial charge in [-0.1, -0.05) is 121 Å². The maximum absolute atomic E-state index is 13.9. The van der Waals surface area contributed by atoms with Gasteiger partial charge in [0.1, 0.15) is 5.82 Å². The number of hydrogen-bond acceptors (Lipinski definition) is 0. The molecule has 43 heavy (non-hydrogen) atoms. The van der Waals surface area contributed by atoms with Crippen LogP contribution in [0.15, 0.2) is 140 Å². The van der Waals surface area contributed by atoms with Crippen molar-refractivity contribution in [1.29, 1.82) is 0 Å². The van der Waals surface area contributed by atoms with Crippen LogP contribution >= 0.6 is 0 Å². The molecule has 0 N–H and O–H groups in total. The molecule has 0 heterocycles. The minimum atomic E-state index is -0.226. The highest BCUT2D eigenvalue weighted by Gasteiger charge is 2.20. The Kier molecular flexibility index (Phi) is 5.87. The number of hydrogen-bond donors (Lipinski definition) is 0. The standard InChI is InChI=1S/C42H29F/c1-26-23-38-39(24-27(26)2)42(36-16-8-12-30-10-4-6-14-34(30)36)40-25-31(28-17-20-32(43)21-18-28)19-22-37(40)41(38)35-15-7-11-29-9-3-5-13-33(29)35/h3-25H,1-2H3. The van der Waals surface area contributed by atoms with Crippen molar-refractivity contribution in [3.8, 4) is 33.4 Å². The smallest absolute Gasteiger partial charge is 0.123 e. The fourth-order valence-electron chi connectivity index (χ4n) is 6.78. The highest BCUT2D eigenvalue weighted by molar-refractivity contribution is 6.25. The normalized spacial score (nSPS) is 11.6. The number of benzene rings is 8. The van der Waals surface area contributed by atoms with Crippen LogP contribution in [0.25, 0.3) is 76.5 Å². The van der Waals surface area contributed by atoms with E-state index in [1.807, 2.05) is 12.1 Å². The molecule has 0 fully saturated rings. The lowest BCUT2D eigenvalue weighted by molar-refractivity contribution is 0.628. The molecule has 0 aliphatic carbocycles. The summed E-state index contributed by atoms with van der Waals surface area (Å²) >= 11 is 0. The third-order valence-corrected chi connectivity index (χ3v) is 9.03. The lowest BCUT2D eigenvalue weighted by atomic mass is 9.82. The van der Waals surface area contributed by atoms with Crippen LogP contribution in [0.1, 0.15) is 11.1 Å². The van der Waals surface area contributed by atoms with E-state index in [0.29, 0.717) is 0 Å². The van der Waals surface area contributed by atoms with Gasteiger partial charge in [0, 0.05) is 0 Å². The summed E-state index contributed by atoms with van der Waals surface area (Å²) in [5.41, 5.74) is 9.55. The second-order valence-electron chi connectivity index (χ2n) is 11.6. The van der Waals surface area contributed by atoms with Crippen molar-refractivity contribution in [2.24, 2.45) is 0 Å². The summed E-state index contributed by atoms with van der Waals surface area (Å²) in [6.07, 6.45) is 0. The van der Waals surface area contributed by atoms with E-state index in [0.717, 1.165) is 11.1 Å². The summed E-state index contributed by atoms with van der Waals surface area (Å²) in [5, 5.41) is 9.82. The Bertz CT molecular complexity index is 2350. The summed E-state index contributed by atoms with van der Waals surface area (Å²) in [6.45, 7) is 4.42. The van der Waals surface area contributed by atoms with Gasteiger partial charge in [-0.05, 0) is 120 Å². The summed E-state index contributed by atoms with van der Waals surface area (Å²) in [5.74, 6) is -0.226. The van der Waals surface area contributed by atoms with Gasteiger partial charge in [-0.25, -0.2) is 4.39 Å². The second-order valence-corrected chi connectivity index (χ2v) is 11.6. The zero-order valence-electron chi connectivity index (χ0n) is 24.2. The van der Waals surface area contributed by atoms with E-state index >= 15 is 0 Å². The third-order valence-electron chi connectivity index (χ3n) is 9.03. The first-order valence-electron chi connectivity index (χ1n) is 14.8. The molecular formula is C42H29F. The van der Waals surface area contributed by atoms with Crippen LogP contribution in [0.5, 0.6) is 0 Å². The van der Waals surface area contributed by atoms with Crippen LogP contribution in [0.3, 0.4) is 0 Å². The third kappa shape index (κ3) is 4.12. The van der Waals surface area contributed by atoms with Crippen molar-refractivity contribution in [2.75, 3.05) is 0 Å². The zero-order valence-corrected chi connectivity index (χ0v) is 24.2. The molecule has 1 heteroatoms. The highest BCUT2D eigenvalue weighted by Crippen LogP contribution is 2.48. The Morgan fingerprint density at radius 1 is 0.372 bits per heavy atom. The van der Waals surface area contributed by atoms with Crippen molar-refractivity contribution < 1.29 is 4.39 Å². The van der Waals surface area contributed by atoms with Crippen LogP contribution in [0, 0.1) is 19.7 Å². The average molecular weight is 553 g/mol. The Morgan fingerprint density at radius 3 is 1.42 bits per heavy atom. The molecule has 0 saturated heterocycles. The molecule has 0 aliphatic heterocycles. The summed E-state index contributed by atoms with van der Waals surface area (Å²) in [6, 6.07) is 48.9. The van der Waals surface area contributed by atoms with Crippen molar-refractivity contribution in [3.63, 3.8) is 0 Å². The van der Waals surface area contributed by atoms with E-state index in [1.54, 1.807) is 12.1 Å². The predicted molar refractivity (Wildman–Crippen MR) is 182 cm³/mol. The van der Waals surface area contributed by atoms with E-state index < -0.39 is 0 Å². The van der Waals surface area contributed by atoms with E-state index in [4.69, 9.17) is 0 Å². The second kappa shape index (κ2) is 9.93. The molecule has 8 aromatic carbocycles. The number of aryl methyl sites for hydroxylation is 2. The summed E-state index contributed by atoms with van der Waals surface area (Å²) in [7, 11) is 0. The first-order chi connectivity index (χ1) is 21.1. The van der Waals surface area contributed by atoms with Gasteiger partial charge < -0.3 is 0 Å². The van der Waals surface area contributed by atoms with E-state index in [-0.39, 0.29) is 5.82 Å². The van der Waals surface area contributed by atoms with Crippen LogP contribution in [-0.4, -0.2) is 0 Å². The van der Waals surface area contributed by atoms with Crippen molar-refractivity contribution in [3.05, 3.63) is 156 Å². The fraction of sp³-hybridized carbons (Fsp3) is 0.0476. The molecule has 0 nitrogen and oxygen atoms in total. The van der Waals surface area contributed by atoms with Gasteiger partial charge in [0.25, 0.3) is 0 Å². The molecule has 0 aliphatic rings. The van der Waals surface area contributed by atoms with E-state index in [2.05, 4.69) is 129 Å². The van der Waals surface area contributed by atoms with Crippen LogP contribution in [0.2, 0.25) is 0 Å². The van der Waals surface area contributed by atoms with Gasteiger partial charge >= 0.3 is 0 Å². The molecule has 0 aromatic heterocycles. The molecule has 0 spiro atoms.